The average molecular weight is 421 g/mol. The van der Waals surface area contributed by atoms with Crippen LogP contribution in [0.3, 0.4) is 0 Å². The highest BCUT2D eigenvalue weighted by atomic mass is 16.5. The van der Waals surface area contributed by atoms with E-state index in [1.807, 2.05) is 32.0 Å². The molecule has 2 atom stereocenters. The van der Waals surface area contributed by atoms with Gasteiger partial charge < -0.3 is 20.3 Å². The number of carbonyl (C=O) groups is 1. The van der Waals surface area contributed by atoms with E-state index in [1.165, 1.54) is 7.11 Å². The summed E-state index contributed by atoms with van der Waals surface area (Å²) in [6.07, 6.45) is 3.50. The van der Waals surface area contributed by atoms with Crippen LogP contribution in [0.4, 0.5) is 11.4 Å². The summed E-state index contributed by atoms with van der Waals surface area (Å²) in [4.78, 5) is 28.7. The van der Waals surface area contributed by atoms with Crippen LogP contribution in [0, 0.1) is 13.8 Å². The number of methoxy groups -OCH3 is 1. The van der Waals surface area contributed by atoms with Gasteiger partial charge in [-0.05, 0) is 51.5 Å². The lowest BCUT2D eigenvalue weighted by Gasteiger charge is -2.38. The van der Waals surface area contributed by atoms with E-state index in [0.717, 1.165) is 41.1 Å². The lowest BCUT2D eigenvalue weighted by Crippen LogP contribution is -2.54. The van der Waals surface area contributed by atoms with Crippen LogP contribution >= 0.6 is 0 Å². The van der Waals surface area contributed by atoms with Crippen LogP contribution in [0.25, 0.3) is 10.9 Å². The molecule has 1 fully saturated rings. The maximum atomic E-state index is 13.2. The number of anilines is 2. The Morgan fingerprint density at radius 1 is 1.16 bits per heavy atom. The largest absolute Gasteiger partial charge is 0.467 e. The molecule has 4 rings (SSSR count). The molecule has 2 aromatic heterocycles. The van der Waals surface area contributed by atoms with Gasteiger partial charge in [-0.3, -0.25) is 9.78 Å². The van der Waals surface area contributed by atoms with Crippen molar-refractivity contribution in [2.45, 2.75) is 39.8 Å². The molecule has 0 unspecified atom stereocenters. The van der Waals surface area contributed by atoms with Gasteiger partial charge >= 0.3 is 6.01 Å². The Kier molecular flexibility index (Phi) is 5.73. The van der Waals surface area contributed by atoms with E-state index in [-0.39, 0.29) is 11.9 Å². The van der Waals surface area contributed by atoms with Crippen molar-refractivity contribution >= 4 is 28.2 Å². The first-order valence-corrected chi connectivity index (χ1v) is 10.4. The Bertz CT molecular complexity index is 1120. The number of carbonyl (C=O) groups excluding carboxylic acids is 1. The van der Waals surface area contributed by atoms with E-state index in [4.69, 9.17) is 4.74 Å². The number of nitrogens with zero attached hydrogens (tertiary/aromatic N) is 4. The second kappa shape index (κ2) is 8.47. The zero-order valence-corrected chi connectivity index (χ0v) is 18.6. The molecular weight excluding hydrogens is 392 g/mol. The highest BCUT2D eigenvalue weighted by Crippen LogP contribution is 2.31. The second-order valence-corrected chi connectivity index (χ2v) is 8.22. The number of rotatable bonds is 4. The monoisotopic (exact) mass is 420 g/mol. The number of hydrogen-bond acceptors (Lipinski definition) is 7. The molecule has 1 saturated heterocycles. The van der Waals surface area contributed by atoms with E-state index in [0.29, 0.717) is 23.2 Å². The third-order valence-electron chi connectivity index (χ3n) is 5.52. The summed E-state index contributed by atoms with van der Waals surface area (Å²) in [6.45, 7) is 9.89. The summed E-state index contributed by atoms with van der Waals surface area (Å²) in [5, 5.41) is 7.39. The molecule has 3 heterocycles. The van der Waals surface area contributed by atoms with Crippen LogP contribution < -0.4 is 20.3 Å². The fraction of sp³-hybridized carbons (Fsp3) is 0.391. The number of aromatic nitrogens is 3. The highest BCUT2D eigenvalue weighted by molar-refractivity contribution is 6.14. The van der Waals surface area contributed by atoms with Crippen molar-refractivity contribution in [3.8, 4) is 6.01 Å². The van der Waals surface area contributed by atoms with E-state index in [9.17, 15) is 4.79 Å². The smallest absolute Gasteiger partial charge is 0.316 e. The molecule has 2 N–H and O–H groups in total. The minimum absolute atomic E-state index is 0.229. The van der Waals surface area contributed by atoms with Crippen molar-refractivity contribution in [1.82, 2.24) is 20.3 Å². The molecule has 3 aromatic rings. The van der Waals surface area contributed by atoms with Crippen LogP contribution in [-0.4, -0.2) is 53.1 Å². The predicted molar refractivity (Wildman–Crippen MR) is 122 cm³/mol. The first-order chi connectivity index (χ1) is 14.9. The maximum Gasteiger partial charge on any atom is 0.316 e. The SMILES string of the molecule is COc1ncc2c(N3C[C@H](C)N[C@@H](C)C3)ccc(C(=O)Nc3cc(C)ncc3C)c2n1. The number of aryl methyl sites for hydroxylation is 2. The topological polar surface area (TPSA) is 92.3 Å². The lowest BCUT2D eigenvalue weighted by molar-refractivity contribution is 0.102. The van der Waals surface area contributed by atoms with Crippen molar-refractivity contribution in [3.05, 3.63) is 47.4 Å². The van der Waals surface area contributed by atoms with Crippen LogP contribution in [0.15, 0.2) is 30.6 Å². The Labute approximate surface area is 182 Å². The molecule has 1 amide bonds. The van der Waals surface area contributed by atoms with Gasteiger partial charge in [0.15, 0.2) is 0 Å². The number of hydrogen-bond donors (Lipinski definition) is 2. The summed E-state index contributed by atoms with van der Waals surface area (Å²) < 4.78 is 5.24. The summed E-state index contributed by atoms with van der Waals surface area (Å²) in [5.41, 5.74) is 4.54. The van der Waals surface area contributed by atoms with Gasteiger partial charge in [0.05, 0.1) is 18.2 Å². The minimum Gasteiger partial charge on any atom is -0.467 e. The van der Waals surface area contributed by atoms with Gasteiger partial charge in [-0.15, -0.1) is 0 Å². The number of amides is 1. The van der Waals surface area contributed by atoms with E-state index < -0.39 is 0 Å². The van der Waals surface area contributed by atoms with Crippen LogP contribution in [-0.2, 0) is 0 Å². The molecule has 0 aliphatic carbocycles. The quantitative estimate of drug-likeness (QED) is 0.670. The molecule has 8 heteroatoms. The molecule has 0 bridgehead atoms. The van der Waals surface area contributed by atoms with Crippen LogP contribution in [0.2, 0.25) is 0 Å². The molecule has 1 aliphatic heterocycles. The number of nitrogens with one attached hydrogen (secondary N) is 2. The Hall–Kier alpha value is -3.26. The molecule has 31 heavy (non-hydrogen) atoms. The minimum atomic E-state index is -0.229. The number of ether oxygens (including phenoxy) is 1. The van der Waals surface area contributed by atoms with Crippen LogP contribution in [0.1, 0.15) is 35.5 Å². The second-order valence-electron chi connectivity index (χ2n) is 8.22. The van der Waals surface area contributed by atoms with Gasteiger partial charge in [0.25, 0.3) is 5.91 Å². The maximum absolute atomic E-state index is 13.2. The Balaban J connectivity index is 1.77. The van der Waals surface area contributed by atoms with E-state index in [1.54, 1.807) is 12.4 Å². The van der Waals surface area contributed by atoms with Crippen molar-refractivity contribution < 1.29 is 9.53 Å². The zero-order chi connectivity index (χ0) is 22.1. The fourth-order valence-corrected chi connectivity index (χ4v) is 4.12. The van der Waals surface area contributed by atoms with Crippen molar-refractivity contribution in [3.63, 3.8) is 0 Å². The third-order valence-corrected chi connectivity index (χ3v) is 5.52. The summed E-state index contributed by atoms with van der Waals surface area (Å²) in [6, 6.07) is 6.64. The molecule has 8 nitrogen and oxygen atoms in total. The number of benzene rings is 1. The summed E-state index contributed by atoms with van der Waals surface area (Å²) in [5.74, 6) is -0.229. The van der Waals surface area contributed by atoms with E-state index in [2.05, 4.69) is 44.3 Å². The number of piperazine rings is 1. The molecule has 0 saturated carbocycles. The molecule has 162 valence electrons. The van der Waals surface area contributed by atoms with Crippen molar-refractivity contribution in [2.24, 2.45) is 0 Å². The molecule has 1 aromatic carbocycles. The summed E-state index contributed by atoms with van der Waals surface area (Å²) >= 11 is 0. The Morgan fingerprint density at radius 2 is 1.90 bits per heavy atom. The van der Waals surface area contributed by atoms with Gasteiger partial charge in [0.1, 0.15) is 0 Å². The first-order valence-electron chi connectivity index (χ1n) is 10.4. The van der Waals surface area contributed by atoms with Crippen LogP contribution in [0.5, 0.6) is 6.01 Å². The van der Waals surface area contributed by atoms with Gasteiger partial charge in [-0.1, -0.05) is 0 Å². The average Bonchev–Trinajstić information content (AvgIpc) is 2.74. The fourth-order valence-electron chi connectivity index (χ4n) is 4.12. The normalized spacial score (nSPS) is 18.8. The lowest BCUT2D eigenvalue weighted by atomic mass is 10.0. The standard InChI is InChI=1S/C23H28N6O2/c1-13-9-24-14(2)8-19(13)27-22(30)17-6-7-20(29-11-15(3)26-16(4)12-29)18-10-25-23(31-5)28-21(17)18/h6-10,15-16,26H,11-12H2,1-5H3,(H,24,27,30)/t15-,16-/m0/s1. The molecule has 1 aliphatic rings. The summed E-state index contributed by atoms with van der Waals surface area (Å²) in [7, 11) is 1.52. The number of pyridine rings is 1. The highest BCUT2D eigenvalue weighted by Gasteiger charge is 2.24. The zero-order valence-electron chi connectivity index (χ0n) is 18.6. The van der Waals surface area contributed by atoms with Gasteiger partial charge in [-0.25, -0.2) is 4.98 Å². The molecule has 0 spiro atoms. The third kappa shape index (κ3) is 4.29. The molecule has 0 radical (unpaired) electrons. The Morgan fingerprint density at radius 3 is 2.61 bits per heavy atom. The van der Waals surface area contributed by atoms with E-state index >= 15 is 0 Å². The van der Waals surface area contributed by atoms with Gasteiger partial charge in [0, 0.05) is 60.0 Å². The van der Waals surface area contributed by atoms with Gasteiger partial charge in [-0.2, -0.15) is 4.98 Å². The molecular formula is C23H28N6O2. The van der Waals surface area contributed by atoms with Crippen molar-refractivity contribution in [2.75, 3.05) is 30.4 Å². The van der Waals surface area contributed by atoms with Crippen molar-refractivity contribution in [1.29, 1.82) is 0 Å². The predicted octanol–water partition coefficient (Wildman–Crippen LogP) is 3.09. The first kappa shape index (κ1) is 21.0. The number of fused-ring (bicyclic) bond motifs is 1. The van der Waals surface area contributed by atoms with Gasteiger partial charge in [0.2, 0.25) is 0 Å².